The average Bonchev–Trinajstić information content (AvgIpc) is 3.05. The molecule has 1 N–H and O–H groups in total. The number of rotatable bonds is 9. The minimum Gasteiger partial charge on any atom is -0.475 e. The maximum Gasteiger partial charge on any atom is 0.345 e. The first-order chi connectivity index (χ1) is 12.3. The first-order valence-electron chi connectivity index (χ1n) is 7.79. The van der Waals surface area contributed by atoms with Gasteiger partial charge in [-0.05, 0) is 20.8 Å². The zero-order valence-corrected chi connectivity index (χ0v) is 15.3. The summed E-state index contributed by atoms with van der Waals surface area (Å²) in [5.74, 6) is -0.168. The fourth-order valence-corrected chi connectivity index (χ4v) is 2.40. The number of aromatic nitrogens is 2. The third kappa shape index (κ3) is 6.52. The van der Waals surface area contributed by atoms with E-state index in [2.05, 4.69) is 20.0 Å². The van der Waals surface area contributed by atoms with Crippen LogP contribution in [0.25, 0.3) is 0 Å². The second kappa shape index (κ2) is 9.39. The quantitative estimate of drug-likeness (QED) is 0.708. The van der Waals surface area contributed by atoms with Gasteiger partial charge in [-0.25, -0.2) is 4.98 Å². The Morgan fingerprint density at radius 1 is 1.23 bits per heavy atom. The zero-order valence-electron chi connectivity index (χ0n) is 14.4. The number of pyridine rings is 1. The van der Waals surface area contributed by atoms with Crippen LogP contribution in [0.5, 0.6) is 11.8 Å². The Morgan fingerprint density at radius 3 is 2.50 bits per heavy atom. The SMILES string of the molecule is CC(C)Oc1cc(C(=O)Nc2nccs2)cc(OC(C)COC(F)F)n1. The number of hydrogen-bond acceptors (Lipinski definition) is 7. The molecule has 2 aromatic rings. The van der Waals surface area contributed by atoms with E-state index >= 15 is 0 Å². The predicted molar refractivity (Wildman–Crippen MR) is 92.1 cm³/mol. The van der Waals surface area contributed by atoms with Gasteiger partial charge in [-0.2, -0.15) is 13.8 Å². The van der Waals surface area contributed by atoms with Gasteiger partial charge in [-0.1, -0.05) is 0 Å². The van der Waals surface area contributed by atoms with E-state index in [4.69, 9.17) is 9.47 Å². The van der Waals surface area contributed by atoms with Gasteiger partial charge in [0.05, 0.1) is 18.3 Å². The Labute approximate surface area is 153 Å². The summed E-state index contributed by atoms with van der Waals surface area (Å²) in [6.07, 6.45) is 0.701. The highest BCUT2D eigenvalue weighted by Gasteiger charge is 2.16. The van der Waals surface area contributed by atoms with Crippen molar-refractivity contribution in [2.24, 2.45) is 0 Å². The van der Waals surface area contributed by atoms with E-state index in [1.807, 2.05) is 13.8 Å². The summed E-state index contributed by atoms with van der Waals surface area (Å²) in [6.45, 7) is 1.96. The van der Waals surface area contributed by atoms with Crippen LogP contribution in [0, 0.1) is 0 Å². The molecule has 0 aromatic carbocycles. The highest BCUT2D eigenvalue weighted by molar-refractivity contribution is 7.13. The van der Waals surface area contributed by atoms with Crippen molar-refractivity contribution in [1.82, 2.24) is 9.97 Å². The molecule has 1 amide bonds. The average molecular weight is 387 g/mol. The molecule has 2 heterocycles. The van der Waals surface area contributed by atoms with E-state index in [9.17, 15) is 13.6 Å². The lowest BCUT2D eigenvalue weighted by atomic mass is 10.2. The molecular weight excluding hydrogens is 368 g/mol. The number of carbonyl (C=O) groups excluding carboxylic acids is 1. The summed E-state index contributed by atoms with van der Waals surface area (Å²) >= 11 is 1.28. The van der Waals surface area contributed by atoms with Crippen LogP contribution < -0.4 is 14.8 Å². The molecule has 2 rings (SSSR count). The van der Waals surface area contributed by atoms with E-state index in [0.29, 0.717) is 5.13 Å². The smallest absolute Gasteiger partial charge is 0.345 e. The summed E-state index contributed by atoms with van der Waals surface area (Å²) in [6, 6.07) is 2.87. The zero-order chi connectivity index (χ0) is 19.1. The van der Waals surface area contributed by atoms with Crippen molar-refractivity contribution in [3.8, 4) is 11.8 Å². The monoisotopic (exact) mass is 387 g/mol. The van der Waals surface area contributed by atoms with E-state index in [1.54, 1.807) is 18.5 Å². The van der Waals surface area contributed by atoms with Crippen LogP contribution >= 0.6 is 11.3 Å². The molecule has 0 bridgehead atoms. The molecule has 0 spiro atoms. The van der Waals surface area contributed by atoms with Crippen LogP contribution in [0.4, 0.5) is 13.9 Å². The number of amides is 1. The number of halogens is 2. The Balaban J connectivity index is 2.16. The normalized spacial score (nSPS) is 12.3. The fraction of sp³-hybridized carbons (Fsp3) is 0.438. The van der Waals surface area contributed by atoms with Crippen molar-refractivity contribution in [2.45, 2.75) is 39.6 Å². The van der Waals surface area contributed by atoms with Gasteiger partial charge in [-0.3, -0.25) is 10.1 Å². The summed E-state index contributed by atoms with van der Waals surface area (Å²) in [5.41, 5.74) is 0.239. The maximum atomic E-state index is 12.4. The topological polar surface area (TPSA) is 82.6 Å². The number of alkyl halides is 2. The van der Waals surface area contributed by atoms with Gasteiger partial charge in [-0.15, -0.1) is 11.3 Å². The molecule has 142 valence electrons. The highest BCUT2D eigenvalue weighted by Crippen LogP contribution is 2.22. The first-order valence-corrected chi connectivity index (χ1v) is 8.67. The van der Waals surface area contributed by atoms with Gasteiger partial charge in [0.15, 0.2) is 5.13 Å². The highest BCUT2D eigenvalue weighted by atomic mass is 32.1. The predicted octanol–water partition coefficient (Wildman–Crippen LogP) is 3.58. The van der Waals surface area contributed by atoms with Crippen molar-refractivity contribution in [3.05, 3.63) is 29.3 Å². The molecule has 26 heavy (non-hydrogen) atoms. The summed E-state index contributed by atoms with van der Waals surface area (Å²) in [4.78, 5) is 20.5. The lowest BCUT2D eigenvalue weighted by Crippen LogP contribution is -2.22. The second-order valence-corrected chi connectivity index (χ2v) is 6.41. The van der Waals surface area contributed by atoms with Crippen LogP contribution in [-0.2, 0) is 4.74 Å². The van der Waals surface area contributed by atoms with E-state index < -0.39 is 18.6 Å². The van der Waals surface area contributed by atoms with Gasteiger partial charge in [0.2, 0.25) is 11.8 Å². The number of nitrogens with one attached hydrogen (secondary N) is 1. The molecule has 0 aliphatic rings. The molecular formula is C16H19F2N3O4S. The molecule has 7 nitrogen and oxygen atoms in total. The van der Waals surface area contributed by atoms with Crippen LogP contribution in [0.15, 0.2) is 23.7 Å². The van der Waals surface area contributed by atoms with Crippen molar-refractivity contribution >= 4 is 22.4 Å². The van der Waals surface area contributed by atoms with E-state index in [-0.39, 0.29) is 30.0 Å². The molecule has 1 unspecified atom stereocenters. The summed E-state index contributed by atoms with van der Waals surface area (Å²) in [7, 11) is 0. The van der Waals surface area contributed by atoms with Gasteiger partial charge in [0.25, 0.3) is 5.91 Å². The maximum absolute atomic E-state index is 12.4. The second-order valence-electron chi connectivity index (χ2n) is 5.51. The molecule has 0 saturated carbocycles. The number of carbonyl (C=O) groups is 1. The summed E-state index contributed by atoms with van der Waals surface area (Å²) < 4.78 is 39.5. The minimum absolute atomic E-state index is 0.0674. The van der Waals surface area contributed by atoms with Gasteiger partial charge < -0.3 is 14.2 Å². The standard InChI is InChI=1S/C16H19F2N3O4S/c1-9(2)24-12-6-11(14(22)21-16-19-4-5-26-16)7-13(20-12)25-10(3)8-23-15(17)18/h4-7,9-10,15H,8H2,1-3H3,(H,19,21,22). The number of anilines is 1. The molecule has 0 aliphatic heterocycles. The molecule has 10 heteroatoms. The first kappa shape index (κ1) is 20.0. The van der Waals surface area contributed by atoms with Crippen LogP contribution in [0.2, 0.25) is 0 Å². The van der Waals surface area contributed by atoms with Crippen molar-refractivity contribution in [2.75, 3.05) is 11.9 Å². The molecule has 0 fully saturated rings. The van der Waals surface area contributed by atoms with Crippen LogP contribution in [0.1, 0.15) is 31.1 Å². The Hall–Kier alpha value is -2.33. The van der Waals surface area contributed by atoms with E-state index in [1.165, 1.54) is 23.5 Å². The van der Waals surface area contributed by atoms with Gasteiger partial charge in [0, 0.05) is 23.7 Å². The lowest BCUT2D eigenvalue weighted by molar-refractivity contribution is -0.143. The Kier molecular flexibility index (Phi) is 7.22. The van der Waals surface area contributed by atoms with Crippen molar-refractivity contribution in [3.63, 3.8) is 0 Å². The Morgan fingerprint density at radius 2 is 1.92 bits per heavy atom. The third-order valence-electron chi connectivity index (χ3n) is 2.83. The number of hydrogen-bond donors (Lipinski definition) is 1. The van der Waals surface area contributed by atoms with Crippen LogP contribution in [0.3, 0.4) is 0 Å². The molecule has 0 radical (unpaired) electrons. The third-order valence-corrected chi connectivity index (χ3v) is 3.52. The number of thiazole rings is 1. The lowest BCUT2D eigenvalue weighted by Gasteiger charge is -2.16. The van der Waals surface area contributed by atoms with Gasteiger partial charge in [0.1, 0.15) is 6.10 Å². The molecule has 0 saturated heterocycles. The van der Waals surface area contributed by atoms with E-state index in [0.717, 1.165) is 0 Å². The minimum atomic E-state index is -2.88. The molecule has 2 aromatic heterocycles. The fourth-order valence-electron chi connectivity index (χ4n) is 1.88. The Bertz CT molecular complexity index is 714. The number of nitrogens with zero attached hydrogens (tertiary/aromatic N) is 2. The van der Waals surface area contributed by atoms with Crippen molar-refractivity contribution in [1.29, 1.82) is 0 Å². The molecule has 0 aliphatic carbocycles. The number of ether oxygens (including phenoxy) is 3. The van der Waals surface area contributed by atoms with Gasteiger partial charge >= 0.3 is 6.61 Å². The molecule has 1 atom stereocenters. The summed E-state index contributed by atoms with van der Waals surface area (Å²) in [5, 5.41) is 4.82. The largest absolute Gasteiger partial charge is 0.475 e. The van der Waals surface area contributed by atoms with Crippen molar-refractivity contribution < 1.29 is 27.8 Å². The van der Waals surface area contributed by atoms with Crippen LogP contribution in [-0.4, -0.2) is 41.3 Å².